The van der Waals surface area contributed by atoms with Crippen LogP contribution >= 0.6 is 11.6 Å². The second-order valence-electron chi connectivity index (χ2n) is 4.24. The summed E-state index contributed by atoms with van der Waals surface area (Å²) in [5.41, 5.74) is 3.39. The molecule has 0 unspecified atom stereocenters. The first-order valence-electron chi connectivity index (χ1n) is 5.60. The number of rotatable bonds is 0. The smallest absolute Gasteiger partial charge is 0.270 e. The van der Waals surface area contributed by atoms with Crippen LogP contribution in [-0.2, 0) is 12.8 Å². The number of carbonyl (C=O) groups excluding carboxylic acids is 1. The van der Waals surface area contributed by atoms with Crippen LogP contribution < -0.4 is 0 Å². The summed E-state index contributed by atoms with van der Waals surface area (Å²) in [5.74, 6) is 0. The van der Waals surface area contributed by atoms with Crippen molar-refractivity contribution >= 4 is 27.9 Å². The maximum Gasteiger partial charge on any atom is 0.325 e. The van der Waals surface area contributed by atoms with E-state index in [2.05, 4.69) is 6.07 Å². The molecule has 2 aromatic rings. The first-order valence-corrected chi connectivity index (χ1v) is 5.98. The highest BCUT2D eigenvalue weighted by Crippen LogP contribution is 2.32. The zero-order chi connectivity index (χ0) is 11.1. The summed E-state index contributed by atoms with van der Waals surface area (Å²) >= 11 is 5.68. The van der Waals surface area contributed by atoms with Gasteiger partial charge in [0.1, 0.15) is 0 Å². The van der Waals surface area contributed by atoms with Crippen molar-refractivity contribution in [2.45, 2.75) is 25.7 Å². The fourth-order valence-electron chi connectivity index (χ4n) is 2.70. The van der Waals surface area contributed by atoms with Gasteiger partial charge in [0.25, 0.3) is 0 Å². The number of benzene rings is 1. The van der Waals surface area contributed by atoms with E-state index in [0.29, 0.717) is 0 Å². The van der Waals surface area contributed by atoms with Crippen LogP contribution in [0.3, 0.4) is 0 Å². The lowest BCUT2D eigenvalue weighted by atomic mass is 9.96. The molecule has 1 aromatic carbocycles. The van der Waals surface area contributed by atoms with Crippen LogP contribution in [0.2, 0.25) is 0 Å². The molecule has 0 amide bonds. The molecule has 0 atom stereocenters. The minimum Gasteiger partial charge on any atom is -0.270 e. The van der Waals surface area contributed by atoms with Crippen LogP contribution in [0.25, 0.3) is 10.9 Å². The van der Waals surface area contributed by atoms with Gasteiger partial charge < -0.3 is 0 Å². The Morgan fingerprint density at radius 3 is 2.75 bits per heavy atom. The zero-order valence-electron chi connectivity index (χ0n) is 8.87. The van der Waals surface area contributed by atoms with Gasteiger partial charge in [-0.15, -0.1) is 0 Å². The third kappa shape index (κ3) is 1.30. The van der Waals surface area contributed by atoms with Gasteiger partial charge >= 0.3 is 5.37 Å². The van der Waals surface area contributed by atoms with Crippen molar-refractivity contribution in [3.63, 3.8) is 0 Å². The topological polar surface area (TPSA) is 22.0 Å². The number of aromatic nitrogens is 1. The summed E-state index contributed by atoms with van der Waals surface area (Å²) in [7, 11) is 0. The highest BCUT2D eigenvalue weighted by atomic mass is 35.5. The molecular formula is C13H12ClNO. The Labute approximate surface area is 98.8 Å². The average molecular weight is 234 g/mol. The van der Waals surface area contributed by atoms with Crippen LogP contribution in [0.4, 0.5) is 4.79 Å². The van der Waals surface area contributed by atoms with E-state index >= 15 is 0 Å². The third-order valence-corrected chi connectivity index (χ3v) is 3.52. The number of hydrogen-bond donors (Lipinski definition) is 0. The molecular weight excluding hydrogens is 222 g/mol. The Balaban J connectivity index is 2.41. The van der Waals surface area contributed by atoms with Gasteiger partial charge in [0.15, 0.2) is 0 Å². The zero-order valence-corrected chi connectivity index (χ0v) is 9.63. The number of aryl methyl sites for hydroxylation is 1. The number of fused-ring (bicyclic) bond motifs is 3. The lowest BCUT2D eigenvalue weighted by Crippen LogP contribution is -2.10. The van der Waals surface area contributed by atoms with Crippen molar-refractivity contribution in [3.8, 4) is 0 Å². The Bertz CT molecular complexity index is 571. The predicted octanol–water partition coefficient (Wildman–Crippen LogP) is 3.73. The minimum atomic E-state index is -0.389. The average Bonchev–Trinajstić information content (AvgIpc) is 2.63. The molecule has 1 aromatic heterocycles. The lowest BCUT2D eigenvalue weighted by Gasteiger charge is -2.13. The molecule has 1 aliphatic rings. The maximum absolute atomic E-state index is 11.5. The molecule has 2 nitrogen and oxygen atoms in total. The second-order valence-corrected chi connectivity index (χ2v) is 4.56. The molecule has 0 saturated carbocycles. The molecule has 0 fully saturated rings. The summed E-state index contributed by atoms with van der Waals surface area (Å²) in [6.45, 7) is 0. The fraction of sp³-hybridized carbons (Fsp3) is 0.308. The SMILES string of the molecule is O=C(Cl)n1c2c(c3ccccc31)CCCC2. The number of nitrogens with zero attached hydrogens (tertiary/aromatic N) is 1. The van der Waals surface area contributed by atoms with Crippen LogP contribution in [-0.4, -0.2) is 9.93 Å². The molecule has 0 bridgehead atoms. The number of para-hydroxylation sites is 1. The second kappa shape index (κ2) is 3.63. The fourth-order valence-corrected chi connectivity index (χ4v) is 2.89. The van der Waals surface area contributed by atoms with Gasteiger partial charge in [-0.2, -0.15) is 0 Å². The van der Waals surface area contributed by atoms with Crippen molar-refractivity contribution in [3.05, 3.63) is 35.5 Å². The molecule has 0 spiro atoms. The largest absolute Gasteiger partial charge is 0.325 e. The Morgan fingerprint density at radius 1 is 1.19 bits per heavy atom. The third-order valence-electron chi connectivity index (χ3n) is 3.35. The van der Waals surface area contributed by atoms with Crippen molar-refractivity contribution in [2.24, 2.45) is 0 Å². The molecule has 16 heavy (non-hydrogen) atoms. The lowest BCUT2D eigenvalue weighted by molar-refractivity contribution is 0.261. The van der Waals surface area contributed by atoms with Gasteiger partial charge in [-0.1, -0.05) is 18.2 Å². The quantitative estimate of drug-likeness (QED) is 0.636. The van der Waals surface area contributed by atoms with Crippen LogP contribution in [0, 0.1) is 0 Å². The number of halogens is 1. The van der Waals surface area contributed by atoms with Gasteiger partial charge in [0.05, 0.1) is 5.52 Å². The van der Waals surface area contributed by atoms with Gasteiger partial charge in [-0.05, 0) is 48.9 Å². The summed E-state index contributed by atoms with van der Waals surface area (Å²) in [5, 5.41) is 0.797. The molecule has 1 aliphatic carbocycles. The summed E-state index contributed by atoms with van der Waals surface area (Å²) in [4.78, 5) is 11.5. The molecule has 1 heterocycles. The van der Waals surface area contributed by atoms with E-state index in [-0.39, 0.29) is 5.37 Å². The minimum absolute atomic E-state index is 0.389. The van der Waals surface area contributed by atoms with Gasteiger partial charge in [-0.25, -0.2) is 0 Å². The number of hydrogen-bond acceptors (Lipinski definition) is 1. The van der Waals surface area contributed by atoms with Crippen LogP contribution in [0.5, 0.6) is 0 Å². The Hall–Kier alpha value is -1.28. The first kappa shape index (κ1) is 9.91. The van der Waals surface area contributed by atoms with E-state index in [1.807, 2.05) is 18.2 Å². The molecule has 82 valence electrons. The Kier molecular flexibility index (Phi) is 2.25. The van der Waals surface area contributed by atoms with Gasteiger partial charge in [0, 0.05) is 11.1 Å². The van der Waals surface area contributed by atoms with Gasteiger partial charge in [0.2, 0.25) is 0 Å². The molecule has 0 aliphatic heterocycles. The standard InChI is InChI=1S/C13H12ClNO/c14-13(16)15-11-7-3-1-5-9(11)10-6-2-4-8-12(10)15/h1,3,5,7H,2,4,6,8H2. The molecule has 3 rings (SSSR count). The normalized spacial score (nSPS) is 15.1. The van der Waals surface area contributed by atoms with Gasteiger partial charge in [-0.3, -0.25) is 9.36 Å². The van der Waals surface area contributed by atoms with E-state index < -0.39 is 0 Å². The molecule has 0 saturated heterocycles. The predicted molar refractivity (Wildman–Crippen MR) is 65.2 cm³/mol. The van der Waals surface area contributed by atoms with E-state index in [9.17, 15) is 4.79 Å². The van der Waals surface area contributed by atoms with Crippen molar-refractivity contribution in [1.82, 2.24) is 4.57 Å². The maximum atomic E-state index is 11.5. The summed E-state index contributed by atoms with van der Waals surface area (Å²) in [6.07, 6.45) is 4.38. The Morgan fingerprint density at radius 2 is 1.94 bits per heavy atom. The molecule has 0 N–H and O–H groups in total. The molecule has 3 heteroatoms. The van der Waals surface area contributed by atoms with E-state index in [1.54, 1.807) is 4.57 Å². The summed E-state index contributed by atoms with van der Waals surface area (Å²) < 4.78 is 1.67. The van der Waals surface area contributed by atoms with Crippen molar-refractivity contribution in [1.29, 1.82) is 0 Å². The van der Waals surface area contributed by atoms with Crippen LogP contribution in [0.15, 0.2) is 24.3 Å². The van der Waals surface area contributed by atoms with Crippen molar-refractivity contribution in [2.75, 3.05) is 0 Å². The highest BCUT2D eigenvalue weighted by Gasteiger charge is 2.21. The summed E-state index contributed by atoms with van der Waals surface area (Å²) in [6, 6.07) is 8.01. The van der Waals surface area contributed by atoms with E-state index in [0.717, 1.165) is 30.5 Å². The van der Waals surface area contributed by atoms with Crippen LogP contribution in [0.1, 0.15) is 24.1 Å². The van der Waals surface area contributed by atoms with Crippen molar-refractivity contribution < 1.29 is 4.79 Å². The van der Waals surface area contributed by atoms with E-state index in [1.165, 1.54) is 17.4 Å². The highest BCUT2D eigenvalue weighted by molar-refractivity contribution is 6.64. The number of carbonyl (C=O) groups is 1. The first-order chi connectivity index (χ1) is 7.79. The van der Waals surface area contributed by atoms with E-state index in [4.69, 9.17) is 11.6 Å². The molecule has 0 radical (unpaired) electrons. The monoisotopic (exact) mass is 233 g/mol.